The van der Waals surface area contributed by atoms with E-state index in [4.69, 9.17) is 5.26 Å². The molecule has 2 heteroatoms. The summed E-state index contributed by atoms with van der Waals surface area (Å²) in [6.07, 6.45) is 1.22. The molecule has 0 atom stereocenters. The van der Waals surface area contributed by atoms with Crippen LogP contribution in [0, 0.1) is 11.3 Å². The first kappa shape index (κ1) is 10.1. The van der Waals surface area contributed by atoms with E-state index in [1.165, 1.54) is 17.7 Å². The predicted octanol–water partition coefficient (Wildman–Crippen LogP) is 3.20. The van der Waals surface area contributed by atoms with Crippen LogP contribution < -0.4 is 0 Å². The molecule has 0 unspecified atom stereocenters. The van der Waals surface area contributed by atoms with Crippen LogP contribution in [0.1, 0.15) is 24.5 Å². The SMILES string of the molecule is CCCSCc1ccc(C#N)cc1. The Balaban J connectivity index is 2.46. The van der Waals surface area contributed by atoms with Crippen molar-refractivity contribution in [2.45, 2.75) is 19.1 Å². The van der Waals surface area contributed by atoms with Gasteiger partial charge in [-0.25, -0.2) is 0 Å². The molecule has 68 valence electrons. The summed E-state index contributed by atoms with van der Waals surface area (Å²) in [7, 11) is 0. The van der Waals surface area contributed by atoms with Gasteiger partial charge in [-0.05, 0) is 29.9 Å². The highest BCUT2D eigenvalue weighted by Crippen LogP contribution is 2.13. The van der Waals surface area contributed by atoms with Crippen molar-refractivity contribution in [1.29, 1.82) is 5.26 Å². The second kappa shape index (κ2) is 5.66. The molecule has 0 saturated heterocycles. The fourth-order valence-electron chi connectivity index (χ4n) is 1.01. The molecule has 0 N–H and O–H groups in total. The van der Waals surface area contributed by atoms with Crippen molar-refractivity contribution in [3.8, 4) is 6.07 Å². The van der Waals surface area contributed by atoms with Crippen LogP contribution in [-0.4, -0.2) is 5.75 Å². The molecule has 0 aliphatic heterocycles. The smallest absolute Gasteiger partial charge is 0.0991 e. The molecule has 13 heavy (non-hydrogen) atoms. The summed E-state index contributed by atoms with van der Waals surface area (Å²) in [4.78, 5) is 0. The third-order valence-electron chi connectivity index (χ3n) is 1.70. The lowest BCUT2D eigenvalue weighted by Gasteiger charge is -1.99. The van der Waals surface area contributed by atoms with Gasteiger partial charge in [0.1, 0.15) is 0 Å². The molecule has 0 aliphatic carbocycles. The average molecular weight is 191 g/mol. The molecule has 0 radical (unpaired) electrons. The second-order valence-electron chi connectivity index (χ2n) is 2.86. The van der Waals surface area contributed by atoms with Gasteiger partial charge in [-0.15, -0.1) is 0 Å². The molecule has 1 nitrogen and oxygen atoms in total. The molecule has 0 heterocycles. The first-order valence-electron chi connectivity index (χ1n) is 4.43. The topological polar surface area (TPSA) is 23.8 Å². The Morgan fingerprint density at radius 2 is 2.00 bits per heavy atom. The van der Waals surface area contributed by atoms with Crippen molar-refractivity contribution in [2.75, 3.05) is 5.75 Å². The molecule has 0 aliphatic rings. The summed E-state index contributed by atoms with van der Waals surface area (Å²) in [5.41, 5.74) is 2.04. The lowest BCUT2D eigenvalue weighted by atomic mass is 10.2. The largest absolute Gasteiger partial charge is 0.192 e. The molecule has 0 spiro atoms. The van der Waals surface area contributed by atoms with E-state index in [0.29, 0.717) is 0 Å². The molecule has 1 aromatic carbocycles. The Morgan fingerprint density at radius 1 is 1.31 bits per heavy atom. The van der Waals surface area contributed by atoms with Crippen molar-refractivity contribution < 1.29 is 0 Å². The van der Waals surface area contributed by atoms with Crippen molar-refractivity contribution in [2.24, 2.45) is 0 Å². The lowest BCUT2D eigenvalue weighted by molar-refractivity contribution is 1.10. The summed E-state index contributed by atoms with van der Waals surface area (Å²) in [5, 5.41) is 8.59. The van der Waals surface area contributed by atoms with E-state index < -0.39 is 0 Å². The zero-order valence-corrected chi connectivity index (χ0v) is 8.60. The lowest BCUT2D eigenvalue weighted by Crippen LogP contribution is -1.82. The predicted molar refractivity (Wildman–Crippen MR) is 57.6 cm³/mol. The van der Waals surface area contributed by atoms with Crippen LogP contribution in [0.3, 0.4) is 0 Å². The van der Waals surface area contributed by atoms with Gasteiger partial charge in [0.2, 0.25) is 0 Å². The number of nitrogens with zero attached hydrogens (tertiary/aromatic N) is 1. The Bertz CT molecular complexity index is 284. The monoisotopic (exact) mass is 191 g/mol. The average Bonchev–Trinajstić information content (AvgIpc) is 2.19. The van der Waals surface area contributed by atoms with Crippen LogP contribution in [0.4, 0.5) is 0 Å². The second-order valence-corrected chi connectivity index (χ2v) is 3.97. The van der Waals surface area contributed by atoms with Crippen molar-refractivity contribution in [3.63, 3.8) is 0 Å². The van der Waals surface area contributed by atoms with E-state index >= 15 is 0 Å². The van der Waals surface area contributed by atoms with Gasteiger partial charge >= 0.3 is 0 Å². The number of benzene rings is 1. The van der Waals surface area contributed by atoms with E-state index in [-0.39, 0.29) is 0 Å². The number of hydrogen-bond donors (Lipinski definition) is 0. The van der Waals surface area contributed by atoms with E-state index in [1.807, 2.05) is 36.0 Å². The Kier molecular flexibility index (Phi) is 4.42. The minimum absolute atomic E-state index is 0.740. The number of hydrogen-bond acceptors (Lipinski definition) is 2. The molecule has 0 aromatic heterocycles. The first-order valence-corrected chi connectivity index (χ1v) is 5.59. The van der Waals surface area contributed by atoms with E-state index in [2.05, 4.69) is 13.0 Å². The molecule has 1 aromatic rings. The van der Waals surface area contributed by atoms with Gasteiger partial charge < -0.3 is 0 Å². The van der Waals surface area contributed by atoms with E-state index in [9.17, 15) is 0 Å². The Morgan fingerprint density at radius 3 is 2.54 bits per heavy atom. The fraction of sp³-hybridized carbons (Fsp3) is 0.364. The highest BCUT2D eigenvalue weighted by Gasteiger charge is 1.93. The molecular weight excluding hydrogens is 178 g/mol. The zero-order chi connectivity index (χ0) is 9.52. The van der Waals surface area contributed by atoms with Crippen LogP contribution in [0.15, 0.2) is 24.3 Å². The maximum Gasteiger partial charge on any atom is 0.0991 e. The van der Waals surface area contributed by atoms with Gasteiger partial charge in [-0.2, -0.15) is 17.0 Å². The third-order valence-corrected chi connectivity index (χ3v) is 2.93. The van der Waals surface area contributed by atoms with Gasteiger partial charge in [0.25, 0.3) is 0 Å². The van der Waals surface area contributed by atoms with E-state index in [0.717, 1.165) is 11.3 Å². The van der Waals surface area contributed by atoms with Crippen LogP contribution in [-0.2, 0) is 5.75 Å². The molecule has 0 saturated carbocycles. The summed E-state index contributed by atoms with van der Waals surface area (Å²) in [6, 6.07) is 9.93. The van der Waals surface area contributed by atoms with Crippen molar-refractivity contribution in [1.82, 2.24) is 0 Å². The molecular formula is C11H13NS. The quantitative estimate of drug-likeness (QED) is 0.682. The van der Waals surface area contributed by atoms with Gasteiger partial charge in [0.15, 0.2) is 0 Å². The first-order chi connectivity index (χ1) is 6.36. The number of rotatable bonds is 4. The van der Waals surface area contributed by atoms with Gasteiger partial charge in [-0.1, -0.05) is 19.1 Å². The summed E-state index contributed by atoms with van der Waals surface area (Å²) in [5.74, 6) is 2.26. The van der Waals surface area contributed by atoms with Crippen LogP contribution >= 0.6 is 11.8 Å². The Hall–Kier alpha value is -0.940. The fourth-order valence-corrected chi connectivity index (χ4v) is 1.87. The standard InChI is InChI=1S/C11H13NS/c1-2-7-13-9-11-5-3-10(8-12)4-6-11/h3-6H,2,7,9H2,1H3. The molecule has 0 amide bonds. The maximum atomic E-state index is 8.59. The minimum atomic E-state index is 0.740. The van der Waals surface area contributed by atoms with Crippen molar-refractivity contribution >= 4 is 11.8 Å². The zero-order valence-electron chi connectivity index (χ0n) is 7.79. The number of nitriles is 1. The minimum Gasteiger partial charge on any atom is -0.192 e. The van der Waals surface area contributed by atoms with Crippen LogP contribution in [0.25, 0.3) is 0 Å². The molecule has 0 bridgehead atoms. The normalized spacial score (nSPS) is 9.54. The molecule has 1 rings (SSSR count). The van der Waals surface area contributed by atoms with Crippen LogP contribution in [0.2, 0.25) is 0 Å². The van der Waals surface area contributed by atoms with Gasteiger partial charge in [0, 0.05) is 5.75 Å². The highest BCUT2D eigenvalue weighted by atomic mass is 32.2. The highest BCUT2D eigenvalue weighted by molar-refractivity contribution is 7.98. The van der Waals surface area contributed by atoms with Crippen molar-refractivity contribution in [3.05, 3.63) is 35.4 Å². The summed E-state index contributed by atoms with van der Waals surface area (Å²) < 4.78 is 0. The van der Waals surface area contributed by atoms with E-state index in [1.54, 1.807) is 0 Å². The van der Waals surface area contributed by atoms with Crippen LogP contribution in [0.5, 0.6) is 0 Å². The summed E-state index contributed by atoms with van der Waals surface area (Å²) >= 11 is 1.94. The maximum absolute atomic E-state index is 8.59. The molecule has 0 fully saturated rings. The van der Waals surface area contributed by atoms with Gasteiger partial charge in [0.05, 0.1) is 11.6 Å². The Labute approximate surface area is 83.8 Å². The van der Waals surface area contributed by atoms with Gasteiger partial charge in [-0.3, -0.25) is 0 Å². The number of thioether (sulfide) groups is 1. The third kappa shape index (κ3) is 3.52. The summed E-state index contributed by atoms with van der Waals surface area (Å²) in [6.45, 7) is 2.19.